The number of benzene rings is 1. The monoisotopic (exact) mass is 285 g/mol. The van der Waals surface area contributed by atoms with Crippen molar-refractivity contribution in [1.82, 2.24) is 0 Å². The summed E-state index contributed by atoms with van der Waals surface area (Å²) in [5, 5.41) is 0.672. The smallest absolute Gasteiger partial charge is 0.139 e. The molecule has 0 aliphatic heterocycles. The van der Waals surface area contributed by atoms with Gasteiger partial charge in [0.1, 0.15) is 5.76 Å². The van der Waals surface area contributed by atoms with Crippen LogP contribution in [0.4, 0.5) is 0 Å². The quantitative estimate of drug-likeness (QED) is 0.913. The lowest BCUT2D eigenvalue weighted by atomic mass is 10.1. The third kappa shape index (κ3) is 2.25. The minimum absolute atomic E-state index is 0.298. The molecular formula is C11H9BrClNO. The maximum atomic E-state index is 6.05. The zero-order valence-corrected chi connectivity index (χ0v) is 10.1. The Balaban J connectivity index is 2.36. The normalized spacial score (nSPS) is 12.7. The molecule has 0 saturated heterocycles. The molecular weight excluding hydrogens is 277 g/mol. The van der Waals surface area contributed by atoms with Crippen LogP contribution in [0.15, 0.2) is 45.5 Å². The molecule has 0 bridgehead atoms. The van der Waals surface area contributed by atoms with E-state index in [0.717, 1.165) is 10.0 Å². The zero-order valence-electron chi connectivity index (χ0n) is 7.78. The van der Waals surface area contributed by atoms with Crippen molar-refractivity contribution >= 4 is 27.5 Å². The highest BCUT2D eigenvalue weighted by molar-refractivity contribution is 9.10. The van der Waals surface area contributed by atoms with Gasteiger partial charge in [-0.05, 0) is 39.7 Å². The topological polar surface area (TPSA) is 39.2 Å². The van der Waals surface area contributed by atoms with E-state index >= 15 is 0 Å². The SMILES string of the molecule is NC(c1cccc(Cl)c1)c1occc1Br. The molecule has 2 aromatic rings. The maximum Gasteiger partial charge on any atom is 0.139 e. The fraction of sp³-hybridized carbons (Fsp3) is 0.0909. The van der Waals surface area contributed by atoms with Crippen molar-refractivity contribution in [2.45, 2.75) is 6.04 Å². The van der Waals surface area contributed by atoms with Crippen molar-refractivity contribution in [3.63, 3.8) is 0 Å². The van der Waals surface area contributed by atoms with Crippen molar-refractivity contribution in [1.29, 1.82) is 0 Å². The van der Waals surface area contributed by atoms with E-state index in [2.05, 4.69) is 15.9 Å². The molecule has 1 unspecified atom stereocenters. The van der Waals surface area contributed by atoms with Crippen LogP contribution in [0.3, 0.4) is 0 Å². The molecule has 2 N–H and O–H groups in total. The van der Waals surface area contributed by atoms with Gasteiger partial charge in [-0.1, -0.05) is 23.7 Å². The molecule has 15 heavy (non-hydrogen) atoms. The van der Waals surface area contributed by atoms with E-state index in [1.54, 1.807) is 6.26 Å². The third-order valence-corrected chi connectivity index (χ3v) is 3.03. The molecule has 0 aliphatic rings. The second kappa shape index (κ2) is 4.39. The summed E-state index contributed by atoms with van der Waals surface area (Å²) in [7, 11) is 0. The Morgan fingerprint density at radius 2 is 2.13 bits per heavy atom. The lowest BCUT2D eigenvalue weighted by Crippen LogP contribution is -2.11. The van der Waals surface area contributed by atoms with Crippen LogP contribution in [-0.4, -0.2) is 0 Å². The van der Waals surface area contributed by atoms with Gasteiger partial charge in [0, 0.05) is 5.02 Å². The first-order valence-corrected chi connectivity index (χ1v) is 5.59. The summed E-state index contributed by atoms with van der Waals surface area (Å²) in [6, 6.07) is 8.96. The zero-order chi connectivity index (χ0) is 10.8. The number of hydrogen-bond donors (Lipinski definition) is 1. The standard InChI is InChI=1S/C11H9BrClNO/c12-9-4-5-15-11(9)10(14)7-2-1-3-8(13)6-7/h1-6,10H,14H2. The first-order valence-electron chi connectivity index (χ1n) is 4.42. The average Bonchev–Trinajstić information content (AvgIpc) is 2.63. The fourth-order valence-corrected chi connectivity index (χ4v) is 2.03. The number of furan rings is 1. The van der Waals surface area contributed by atoms with Crippen molar-refractivity contribution in [2.24, 2.45) is 5.73 Å². The Morgan fingerprint density at radius 3 is 2.73 bits per heavy atom. The summed E-state index contributed by atoms with van der Waals surface area (Å²) in [6.45, 7) is 0. The van der Waals surface area contributed by atoms with E-state index < -0.39 is 0 Å². The molecule has 2 nitrogen and oxygen atoms in total. The van der Waals surface area contributed by atoms with Crippen LogP contribution >= 0.6 is 27.5 Å². The molecule has 1 atom stereocenters. The molecule has 4 heteroatoms. The van der Waals surface area contributed by atoms with Gasteiger partial charge < -0.3 is 10.2 Å². The van der Waals surface area contributed by atoms with Crippen molar-refractivity contribution < 1.29 is 4.42 Å². The highest BCUT2D eigenvalue weighted by atomic mass is 79.9. The summed E-state index contributed by atoms with van der Waals surface area (Å²) >= 11 is 9.27. The maximum absolute atomic E-state index is 6.05. The van der Waals surface area contributed by atoms with Gasteiger partial charge in [-0.2, -0.15) is 0 Å². The largest absolute Gasteiger partial charge is 0.466 e. The molecule has 1 heterocycles. The van der Waals surface area contributed by atoms with Crippen LogP contribution in [0, 0.1) is 0 Å². The second-order valence-corrected chi connectivity index (χ2v) is 4.46. The van der Waals surface area contributed by atoms with E-state index in [4.69, 9.17) is 21.8 Å². The molecule has 0 fully saturated rings. The second-order valence-electron chi connectivity index (χ2n) is 3.17. The van der Waals surface area contributed by atoms with Crippen LogP contribution in [0.25, 0.3) is 0 Å². The number of halogens is 2. The molecule has 0 amide bonds. The number of nitrogens with two attached hydrogens (primary N) is 1. The fourth-order valence-electron chi connectivity index (χ4n) is 1.38. The molecule has 0 spiro atoms. The molecule has 1 aromatic carbocycles. The van der Waals surface area contributed by atoms with Crippen LogP contribution in [0.2, 0.25) is 5.02 Å². The van der Waals surface area contributed by atoms with Gasteiger partial charge in [-0.15, -0.1) is 0 Å². The molecule has 2 rings (SSSR count). The van der Waals surface area contributed by atoms with Gasteiger partial charge in [0.25, 0.3) is 0 Å². The van der Waals surface area contributed by atoms with Crippen molar-refractivity contribution in [3.8, 4) is 0 Å². The summed E-state index contributed by atoms with van der Waals surface area (Å²) in [5.41, 5.74) is 6.98. The molecule has 0 radical (unpaired) electrons. The minimum atomic E-state index is -0.298. The Bertz CT molecular complexity index is 469. The molecule has 1 aromatic heterocycles. The Hall–Kier alpha value is -0.770. The molecule has 0 aliphatic carbocycles. The van der Waals surface area contributed by atoms with Crippen LogP contribution < -0.4 is 5.73 Å². The summed E-state index contributed by atoms with van der Waals surface area (Å²) in [4.78, 5) is 0. The molecule has 78 valence electrons. The predicted molar refractivity (Wildman–Crippen MR) is 63.9 cm³/mol. The highest BCUT2D eigenvalue weighted by Gasteiger charge is 2.15. The van der Waals surface area contributed by atoms with Gasteiger partial charge in [0.05, 0.1) is 16.8 Å². The van der Waals surface area contributed by atoms with Crippen LogP contribution in [-0.2, 0) is 0 Å². The van der Waals surface area contributed by atoms with Gasteiger partial charge in [-0.25, -0.2) is 0 Å². The summed E-state index contributed by atoms with van der Waals surface area (Å²) in [6.07, 6.45) is 1.60. The predicted octanol–water partition coefficient (Wildman–Crippen LogP) is 3.74. The first-order chi connectivity index (χ1) is 7.18. The lowest BCUT2D eigenvalue weighted by molar-refractivity contribution is 0.487. The number of rotatable bonds is 2. The van der Waals surface area contributed by atoms with Crippen molar-refractivity contribution in [3.05, 3.63) is 57.4 Å². The van der Waals surface area contributed by atoms with E-state index in [1.165, 1.54) is 0 Å². The van der Waals surface area contributed by atoms with Gasteiger partial charge in [0.2, 0.25) is 0 Å². The van der Waals surface area contributed by atoms with E-state index in [1.807, 2.05) is 30.3 Å². The van der Waals surface area contributed by atoms with E-state index in [0.29, 0.717) is 10.8 Å². The van der Waals surface area contributed by atoms with Crippen LogP contribution in [0.5, 0.6) is 0 Å². The van der Waals surface area contributed by atoms with Gasteiger partial charge in [0.15, 0.2) is 0 Å². The lowest BCUT2D eigenvalue weighted by Gasteiger charge is -2.10. The van der Waals surface area contributed by atoms with E-state index in [9.17, 15) is 0 Å². The Kier molecular flexibility index (Phi) is 3.14. The van der Waals surface area contributed by atoms with Gasteiger partial charge in [-0.3, -0.25) is 0 Å². The third-order valence-electron chi connectivity index (χ3n) is 2.14. The van der Waals surface area contributed by atoms with Gasteiger partial charge >= 0.3 is 0 Å². The number of hydrogen-bond acceptors (Lipinski definition) is 2. The van der Waals surface area contributed by atoms with Crippen molar-refractivity contribution in [2.75, 3.05) is 0 Å². The summed E-state index contributed by atoms with van der Waals surface area (Å²) in [5.74, 6) is 0.706. The minimum Gasteiger partial charge on any atom is -0.466 e. The summed E-state index contributed by atoms with van der Waals surface area (Å²) < 4.78 is 6.18. The average molecular weight is 287 g/mol. The highest BCUT2D eigenvalue weighted by Crippen LogP contribution is 2.28. The Labute approximate surface area is 101 Å². The molecule has 0 saturated carbocycles. The van der Waals surface area contributed by atoms with E-state index in [-0.39, 0.29) is 6.04 Å². The Morgan fingerprint density at radius 1 is 1.33 bits per heavy atom. The first kappa shape index (κ1) is 10.7. The van der Waals surface area contributed by atoms with Crippen LogP contribution in [0.1, 0.15) is 17.4 Å².